The van der Waals surface area contributed by atoms with Gasteiger partial charge >= 0.3 is 0 Å². The third-order valence-electron chi connectivity index (χ3n) is 7.30. The molecule has 1 atom stereocenters. The summed E-state index contributed by atoms with van der Waals surface area (Å²) in [7, 11) is 0. The Bertz CT molecular complexity index is 406. The van der Waals surface area contributed by atoms with Crippen LogP contribution < -0.4 is 0 Å². The smallest absolute Gasteiger partial charge is 0.101 e. The Balaban J connectivity index is 2.02. The van der Waals surface area contributed by atoms with Crippen LogP contribution in [-0.2, 0) is 0 Å². The fourth-order valence-corrected chi connectivity index (χ4v) is 5.16. The second kappa shape index (κ2) is 22.1. The molecule has 0 spiro atoms. The van der Waals surface area contributed by atoms with Crippen LogP contribution in [-0.4, -0.2) is 29.1 Å². The molecule has 0 saturated heterocycles. The van der Waals surface area contributed by atoms with Gasteiger partial charge in [0.2, 0.25) is 0 Å². The molecule has 1 aliphatic heterocycles. The van der Waals surface area contributed by atoms with Crippen LogP contribution in [0.1, 0.15) is 162 Å². The Morgan fingerprint density at radius 1 is 0.406 bits per heavy atom. The van der Waals surface area contributed by atoms with E-state index >= 15 is 0 Å². The van der Waals surface area contributed by atoms with Crippen LogP contribution >= 0.6 is 0 Å². The van der Waals surface area contributed by atoms with Crippen molar-refractivity contribution in [1.29, 1.82) is 0 Å². The Morgan fingerprint density at radius 2 is 0.719 bits per heavy atom. The van der Waals surface area contributed by atoms with Gasteiger partial charge in [-0.15, -0.1) is 0 Å². The molecule has 1 rings (SSSR count). The van der Waals surface area contributed by atoms with Gasteiger partial charge in [0, 0.05) is 25.5 Å². The average molecular weight is 449 g/mol. The normalized spacial score (nSPS) is 15.9. The van der Waals surface area contributed by atoms with Gasteiger partial charge in [-0.25, -0.2) is 0 Å². The predicted molar refractivity (Wildman–Crippen MR) is 145 cm³/mol. The minimum absolute atomic E-state index is 0.636. The first-order valence-corrected chi connectivity index (χ1v) is 15.0. The fraction of sp³-hybridized carbons (Fsp3) is 0.933. The van der Waals surface area contributed by atoms with Crippen molar-refractivity contribution in [1.82, 2.24) is 9.80 Å². The third kappa shape index (κ3) is 15.2. The van der Waals surface area contributed by atoms with E-state index in [0.717, 1.165) is 0 Å². The molecule has 1 unspecified atom stereocenters. The first-order valence-electron chi connectivity index (χ1n) is 15.0. The van der Waals surface area contributed by atoms with E-state index in [9.17, 15) is 0 Å². The second-order valence-electron chi connectivity index (χ2n) is 10.4. The number of nitrogens with zero attached hydrogens (tertiary/aromatic N) is 2. The zero-order valence-electron chi connectivity index (χ0n) is 22.6. The minimum Gasteiger partial charge on any atom is -0.356 e. The molecule has 2 nitrogen and oxygen atoms in total. The lowest BCUT2D eigenvalue weighted by Crippen LogP contribution is -2.39. The van der Waals surface area contributed by atoms with E-state index in [1.807, 2.05) is 0 Å². The number of hydrogen-bond donors (Lipinski definition) is 0. The van der Waals surface area contributed by atoms with Gasteiger partial charge < -0.3 is 9.80 Å². The molecule has 0 aliphatic carbocycles. The van der Waals surface area contributed by atoms with Crippen molar-refractivity contribution >= 4 is 0 Å². The van der Waals surface area contributed by atoms with Gasteiger partial charge in [0.1, 0.15) is 6.17 Å². The van der Waals surface area contributed by atoms with Crippen LogP contribution in [0.4, 0.5) is 0 Å². The number of hydrogen-bond acceptors (Lipinski definition) is 2. The molecule has 0 N–H and O–H groups in total. The van der Waals surface area contributed by atoms with Crippen molar-refractivity contribution in [3.8, 4) is 0 Å². The van der Waals surface area contributed by atoms with E-state index in [1.54, 1.807) is 0 Å². The Kier molecular flexibility index (Phi) is 20.3. The van der Waals surface area contributed by atoms with Crippen LogP contribution in [0, 0.1) is 0 Å². The molecule has 0 fully saturated rings. The SMILES string of the molecule is CCCCCCCCCCCCCCN1C=CN(CCCCCCCCCC)C1CCC. The molecule has 0 bridgehead atoms. The Morgan fingerprint density at radius 3 is 1.03 bits per heavy atom. The third-order valence-corrected chi connectivity index (χ3v) is 7.30. The van der Waals surface area contributed by atoms with E-state index < -0.39 is 0 Å². The zero-order valence-corrected chi connectivity index (χ0v) is 22.6. The lowest BCUT2D eigenvalue weighted by molar-refractivity contribution is 0.138. The van der Waals surface area contributed by atoms with Crippen LogP contribution in [0.15, 0.2) is 12.4 Å². The van der Waals surface area contributed by atoms with Gasteiger partial charge in [0.15, 0.2) is 0 Å². The summed E-state index contributed by atoms with van der Waals surface area (Å²) in [5.74, 6) is 0. The Labute approximate surface area is 203 Å². The van der Waals surface area contributed by atoms with Gasteiger partial charge in [-0.1, -0.05) is 143 Å². The first kappa shape index (κ1) is 29.4. The van der Waals surface area contributed by atoms with Gasteiger partial charge in [-0.3, -0.25) is 0 Å². The largest absolute Gasteiger partial charge is 0.356 e. The van der Waals surface area contributed by atoms with Crippen LogP contribution in [0.2, 0.25) is 0 Å². The van der Waals surface area contributed by atoms with Gasteiger partial charge in [-0.2, -0.15) is 0 Å². The van der Waals surface area contributed by atoms with Gasteiger partial charge in [-0.05, 0) is 19.3 Å². The summed E-state index contributed by atoms with van der Waals surface area (Å²) in [6.07, 6.45) is 36.6. The van der Waals surface area contributed by atoms with Crippen molar-refractivity contribution in [3.05, 3.63) is 12.4 Å². The number of unbranched alkanes of at least 4 members (excludes halogenated alkanes) is 18. The van der Waals surface area contributed by atoms with Gasteiger partial charge in [0.05, 0.1) is 0 Å². The lowest BCUT2D eigenvalue weighted by Gasteiger charge is -2.33. The monoisotopic (exact) mass is 448 g/mol. The van der Waals surface area contributed by atoms with Crippen molar-refractivity contribution < 1.29 is 0 Å². The predicted octanol–water partition coefficient (Wildman–Crippen LogP) is 10.0. The molecule has 0 amide bonds. The average Bonchev–Trinajstić information content (AvgIpc) is 3.18. The zero-order chi connectivity index (χ0) is 23.1. The molecule has 0 aromatic rings. The molecule has 190 valence electrons. The van der Waals surface area contributed by atoms with Gasteiger partial charge in [0.25, 0.3) is 0 Å². The second-order valence-corrected chi connectivity index (χ2v) is 10.4. The molecule has 1 aliphatic rings. The van der Waals surface area contributed by atoms with E-state index in [-0.39, 0.29) is 0 Å². The van der Waals surface area contributed by atoms with Crippen LogP contribution in [0.5, 0.6) is 0 Å². The highest BCUT2D eigenvalue weighted by Gasteiger charge is 2.24. The van der Waals surface area contributed by atoms with E-state index in [0.29, 0.717) is 6.17 Å². The maximum atomic E-state index is 2.64. The molecule has 0 aromatic carbocycles. The summed E-state index contributed by atoms with van der Waals surface area (Å²) in [6, 6.07) is 0. The lowest BCUT2D eigenvalue weighted by atomic mass is 10.1. The highest BCUT2D eigenvalue weighted by molar-refractivity contribution is 4.96. The van der Waals surface area contributed by atoms with Crippen LogP contribution in [0.3, 0.4) is 0 Å². The molecule has 32 heavy (non-hydrogen) atoms. The quantitative estimate of drug-likeness (QED) is 0.135. The summed E-state index contributed by atoms with van der Waals surface area (Å²) < 4.78 is 0. The molecule has 0 radical (unpaired) electrons. The summed E-state index contributed by atoms with van der Waals surface area (Å²) in [4.78, 5) is 5.28. The molecular weight excluding hydrogens is 388 g/mol. The molecule has 2 heteroatoms. The molecule has 0 aromatic heterocycles. The van der Waals surface area contributed by atoms with Crippen molar-refractivity contribution in [3.63, 3.8) is 0 Å². The number of rotatable bonds is 24. The van der Waals surface area contributed by atoms with E-state index in [4.69, 9.17) is 0 Å². The minimum atomic E-state index is 0.636. The fourth-order valence-electron chi connectivity index (χ4n) is 5.16. The summed E-state index contributed by atoms with van der Waals surface area (Å²) in [6.45, 7) is 9.46. The summed E-state index contributed by atoms with van der Waals surface area (Å²) >= 11 is 0. The standard InChI is InChI=1S/C30H60N2/c1-4-7-9-11-13-15-16-17-18-20-22-24-27-32-29-28-31(30(32)25-6-3)26-23-21-19-14-12-10-8-5-2/h28-30H,4-27H2,1-3H3. The highest BCUT2D eigenvalue weighted by atomic mass is 15.4. The first-order chi connectivity index (χ1) is 15.8. The Hall–Kier alpha value is -0.660. The highest BCUT2D eigenvalue weighted by Crippen LogP contribution is 2.22. The van der Waals surface area contributed by atoms with E-state index in [1.165, 1.54) is 154 Å². The maximum absolute atomic E-state index is 2.64. The maximum Gasteiger partial charge on any atom is 0.101 e. The topological polar surface area (TPSA) is 6.48 Å². The van der Waals surface area contributed by atoms with Crippen molar-refractivity contribution in [2.75, 3.05) is 13.1 Å². The van der Waals surface area contributed by atoms with Crippen molar-refractivity contribution in [2.24, 2.45) is 0 Å². The van der Waals surface area contributed by atoms with Crippen LogP contribution in [0.25, 0.3) is 0 Å². The summed E-state index contributed by atoms with van der Waals surface area (Å²) in [5.41, 5.74) is 0. The summed E-state index contributed by atoms with van der Waals surface area (Å²) in [5, 5.41) is 0. The molecule has 0 saturated carbocycles. The molecular formula is C30H60N2. The van der Waals surface area contributed by atoms with E-state index in [2.05, 4.69) is 43.0 Å². The molecule has 1 heterocycles. The van der Waals surface area contributed by atoms with Crippen molar-refractivity contribution in [2.45, 2.75) is 168 Å².